The van der Waals surface area contributed by atoms with E-state index in [-0.39, 0.29) is 17.4 Å². The van der Waals surface area contributed by atoms with Gasteiger partial charge in [0.05, 0.1) is 17.9 Å². The fraction of sp³-hybridized carbons (Fsp3) is 0.727. The van der Waals surface area contributed by atoms with Crippen molar-refractivity contribution in [1.29, 1.82) is 0 Å². The predicted octanol–water partition coefficient (Wildman–Crippen LogP) is 5.71. The van der Waals surface area contributed by atoms with E-state index in [1.165, 1.54) is 57.8 Å². The summed E-state index contributed by atoms with van der Waals surface area (Å²) in [6.45, 7) is 4.62. The first-order valence-electron chi connectivity index (χ1n) is 10.6. The molecule has 4 heteroatoms. The number of hydrogen-bond donors (Lipinski definition) is 1. The standard InChI is InChI=1S/C22H35N3O/c1-3-4-5-9-15-21(26-18-12-7-6-8-13-18)22(2)16-11-10-14-19(22)20-17-23-25-24-20/h10-11,14,16-19,21H,3-9,12-13,15H2,1-2H3,(H,23,24,25). The van der Waals surface area contributed by atoms with Gasteiger partial charge in [0.15, 0.2) is 0 Å². The van der Waals surface area contributed by atoms with Gasteiger partial charge >= 0.3 is 0 Å². The maximum atomic E-state index is 6.80. The summed E-state index contributed by atoms with van der Waals surface area (Å²) in [5, 5.41) is 11.2. The molecule has 0 bridgehead atoms. The quantitative estimate of drug-likeness (QED) is 0.576. The molecule has 3 unspecified atom stereocenters. The van der Waals surface area contributed by atoms with Gasteiger partial charge in [-0.3, -0.25) is 5.10 Å². The van der Waals surface area contributed by atoms with Crippen LogP contribution in [0.3, 0.4) is 0 Å². The number of aromatic amines is 1. The van der Waals surface area contributed by atoms with Gasteiger partial charge in [-0.25, -0.2) is 0 Å². The summed E-state index contributed by atoms with van der Waals surface area (Å²) in [5.41, 5.74) is 0.939. The van der Waals surface area contributed by atoms with Crippen molar-refractivity contribution >= 4 is 0 Å². The first-order valence-corrected chi connectivity index (χ1v) is 10.6. The Labute approximate surface area is 158 Å². The van der Waals surface area contributed by atoms with E-state index >= 15 is 0 Å². The lowest BCUT2D eigenvalue weighted by Gasteiger charge is -2.43. The van der Waals surface area contributed by atoms with Gasteiger partial charge in [0.2, 0.25) is 0 Å². The van der Waals surface area contributed by atoms with Crippen molar-refractivity contribution in [1.82, 2.24) is 15.4 Å². The Bertz CT molecular complexity index is 574. The van der Waals surface area contributed by atoms with Gasteiger partial charge in [-0.1, -0.05) is 88.3 Å². The van der Waals surface area contributed by atoms with E-state index in [0.717, 1.165) is 12.1 Å². The second kappa shape index (κ2) is 9.50. The summed E-state index contributed by atoms with van der Waals surface area (Å²) in [4.78, 5) is 0. The number of allylic oxidation sites excluding steroid dienone is 3. The van der Waals surface area contributed by atoms with Crippen LogP contribution in [0.25, 0.3) is 0 Å². The first kappa shape index (κ1) is 19.3. The van der Waals surface area contributed by atoms with Crippen LogP contribution in [0.15, 0.2) is 30.5 Å². The molecule has 0 aliphatic heterocycles. The molecular formula is C22H35N3O. The van der Waals surface area contributed by atoms with E-state index in [1.54, 1.807) is 0 Å². The van der Waals surface area contributed by atoms with Gasteiger partial charge in [0.25, 0.3) is 0 Å². The van der Waals surface area contributed by atoms with Crippen molar-refractivity contribution in [2.45, 2.75) is 96.2 Å². The number of nitrogens with zero attached hydrogens (tertiary/aromatic N) is 2. The van der Waals surface area contributed by atoms with E-state index < -0.39 is 0 Å². The number of rotatable bonds is 9. The first-order chi connectivity index (χ1) is 12.7. The lowest BCUT2D eigenvalue weighted by molar-refractivity contribution is -0.0835. The number of ether oxygens (including phenoxy) is 1. The van der Waals surface area contributed by atoms with Crippen LogP contribution in [-0.4, -0.2) is 27.6 Å². The number of H-pyrrole nitrogens is 1. The molecule has 0 spiro atoms. The summed E-state index contributed by atoms with van der Waals surface area (Å²) >= 11 is 0. The molecule has 0 amide bonds. The molecular weight excluding hydrogens is 322 g/mol. The van der Waals surface area contributed by atoms with Crippen molar-refractivity contribution < 1.29 is 4.74 Å². The molecule has 1 aromatic rings. The van der Waals surface area contributed by atoms with Crippen LogP contribution >= 0.6 is 0 Å². The molecule has 1 saturated carbocycles. The van der Waals surface area contributed by atoms with Crippen molar-refractivity contribution in [2.75, 3.05) is 0 Å². The molecule has 0 aromatic carbocycles. The minimum atomic E-state index is -0.0741. The molecule has 1 aromatic heterocycles. The molecule has 2 aliphatic rings. The molecule has 26 heavy (non-hydrogen) atoms. The highest BCUT2D eigenvalue weighted by Gasteiger charge is 2.42. The van der Waals surface area contributed by atoms with Crippen LogP contribution in [0, 0.1) is 5.41 Å². The van der Waals surface area contributed by atoms with Crippen LogP contribution in [0.5, 0.6) is 0 Å². The van der Waals surface area contributed by atoms with Gasteiger partial charge in [0, 0.05) is 17.5 Å². The van der Waals surface area contributed by atoms with E-state index in [4.69, 9.17) is 4.74 Å². The highest BCUT2D eigenvalue weighted by Crippen LogP contribution is 2.46. The molecule has 4 nitrogen and oxygen atoms in total. The van der Waals surface area contributed by atoms with Gasteiger partial charge < -0.3 is 4.74 Å². The van der Waals surface area contributed by atoms with Crippen LogP contribution < -0.4 is 0 Å². The maximum Gasteiger partial charge on any atom is 0.0902 e. The largest absolute Gasteiger partial charge is 0.374 e. The monoisotopic (exact) mass is 357 g/mol. The zero-order valence-electron chi connectivity index (χ0n) is 16.5. The number of nitrogens with one attached hydrogen (secondary N) is 1. The Morgan fingerprint density at radius 1 is 1.19 bits per heavy atom. The normalized spacial score (nSPS) is 27.7. The number of hydrogen-bond acceptors (Lipinski definition) is 3. The van der Waals surface area contributed by atoms with Crippen molar-refractivity contribution in [3.05, 3.63) is 36.2 Å². The molecule has 0 saturated heterocycles. The molecule has 0 radical (unpaired) electrons. The lowest BCUT2D eigenvalue weighted by atomic mass is 9.68. The average molecular weight is 358 g/mol. The van der Waals surface area contributed by atoms with Crippen LogP contribution in [-0.2, 0) is 4.74 Å². The number of aromatic nitrogens is 3. The fourth-order valence-electron chi connectivity index (χ4n) is 4.55. The third kappa shape index (κ3) is 4.64. The van der Waals surface area contributed by atoms with Crippen LogP contribution in [0.1, 0.15) is 89.7 Å². The van der Waals surface area contributed by atoms with Crippen molar-refractivity contribution in [3.63, 3.8) is 0 Å². The summed E-state index contributed by atoms with van der Waals surface area (Å²) in [5.74, 6) is 0.214. The highest BCUT2D eigenvalue weighted by atomic mass is 16.5. The zero-order valence-corrected chi connectivity index (χ0v) is 16.5. The second-order valence-electron chi connectivity index (χ2n) is 8.22. The Morgan fingerprint density at radius 2 is 2.04 bits per heavy atom. The van der Waals surface area contributed by atoms with Crippen LogP contribution in [0.2, 0.25) is 0 Å². The smallest absolute Gasteiger partial charge is 0.0902 e. The Morgan fingerprint density at radius 3 is 2.77 bits per heavy atom. The maximum absolute atomic E-state index is 6.80. The molecule has 1 heterocycles. The zero-order chi connectivity index (χ0) is 18.2. The Hall–Kier alpha value is -1.42. The summed E-state index contributed by atoms with van der Waals surface area (Å²) < 4.78 is 6.80. The van der Waals surface area contributed by atoms with E-state index in [9.17, 15) is 0 Å². The summed E-state index contributed by atoms with van der Waals surface area (Å²) in [6, 6.07) is 0. The third-order valence-corrected chi connectivity index (χ3v) is 6.22. The minimum absolute atomic E-state index is 0.0741. The molecule has 3 rings (SSSR count). The summed E-state index contributed by atoms with van der Waals surface area (Å²) in [7, 11) is 0. The Kier molecular flexibility index (Phi) is 7.07. The van der Waals surface area contributed by atoms with Gasteiger partial charge in [-0.05, 0) is 19.3 Å². The average Bonchev–Trinajstić information content (AvgIpc) is 3.20. The molecule has 1 fully saturated rings. The molecule has 2 aliphatic carbocycles. The topological polar surface area (TPSA) is 50.8 Å². The number of unbranched alkanes of at least 4 members (excludes halogenated alkanes) is 3. The molecule has 1 N–H and O–H groups in total. The fourth-order valence-corrected chi connectivity index (χ4v) is 4.55. The highest BCUT2D eigenvalue weighted by molar-refractivity contribution is 5.30. The summed E-state index contributed by atoms with van der Waals surface area (Å²) in [6.07, 6.45) is 24.2. The Balaban J connectivity index is 1.77. The lowest BCUT2D eigenvalue weighted by Crippen LogP contribution is -2.41. The minimum Gasteiger partial charge on any atom is -0.374 e. The van der Waals surface area contributed by atoms with Gasteiger partial charge in [0.1, 0.15) is 0 Å². The predicted molar refractivity (Wildman–Crippen MR) is 106 cm³/mol. The van der Waals surface area contributed by atoms with E-state index in [0.29, 0.717) is 6.10 Å². The van der Waals surface area contributed by atoms with Crippen molar-refractivity contribution in [3.8, 4) is 0 Å². The van der Waals surface area contributed by atoms with Gasteiger partial charge in [-0.15, -0.1) is 5.10 Å². The van der Waals surface area contributed by atoms with E-state index in [2.05, 4.69) is 53.6 Å². The molecule has 144 valence electrons. The SMILES string of the molecule is CCCCCCC(OC1CCCCC1)C1(C)C=CC=CC1c1c[nH]nn1. The third-order valence-electron chi connectivity index (χ3n) is 6.22. The molecule has 3 atom stereocenters. The van der Waals surface area contributed by atoms with E-state index in [1.807, 2.05) is 6.20 Å². The van der Waals surface area contributed by atoms with Crippen LogP contribution in [0.4, 0.5) is 0 Å². The van der Waals surface area contributed by atoms with Crippen molar-refractivity contribution in [2.24, 2.45) is 5.41 Å². The second-order valence-corrected chi connectivity index (χ2v) is 8.22. The van der Waals surface area contributed by atoms with Gasteiger partial charge in [-0.2, -0.15) is 0 Å².